The van der Waals surface area contributed by atoms with Crippen molar-refractivity contribution >= 4 is 27.0 Å². The molecule has 0 fully saturated rings. The minimum atomic E-state index is -3.91. The number of para-hydroxylation sites is 1. The van der Waals surface area contributed by atoms with E-state index in [-0.39, 0.29) is 4.90 Å². The lowest BCUT2D eigenvalue weighted by molar-refractivity contribution is 0.245. The summed E-state index contributed by atoms with van der Waals surface area (Å²) in [6, 6.07) is 13.9. The molecule has 106 valence electrons. The number of hydrogen-bond acceptors (Lipinski definition) is 4. The number of sulfonamides is 1. The molecule has 3 aromatic rings. The van der Waals surface area contributed by atoms with Crippen molar-refractivity contribution in [3.63, 3.8) is 0 Å². The lowest BCUT2D eigenvalue weighted by atomic mass is 10.3. The number of fused-ring (bicyclic) bond motifs is 1. The number of aromatic nitrogens is 2. The molecule has 21 heavy (non-hydrogen) atoms. The van der Waals surface area contributed by atoms with Gasteiger partial charge in [-0.3, -0.25) is 0 Å². The summed E-state index contributed by atoms with van der Waals surface area (Å²) in [5.74, 6) is 0. The van der Waals surface area contributed by atoms with E-state index in [1.54, 1.807) is 36.4 Å². The topological polar surface area (TPSA) is 81.1 Å². The number of amides is 1. The molecule has 0 unspecified atom stereocenters. The maximum atomic E-state index is 12.1. The zero-order valence-corrected chi connectivity index (χ0v) is 11.6. The highest BCUT2D eigenvalue weighted by atomic mass is 32.2. The maximum Gasteiger partial charge on any atom is 0.356 e. The van der Waals surface area contributed by atoms with Crippen LogP contribution in [0.15, 0.2) is 65.7 Å². The third-order valence-electron chi connectivity index (χ3n) is 2.94. The van der Waals surface area contributed by atoms with Crippen LogP contribution in [-0.2, 0) is 10.0 Å². The summed E-state index contributed by atoms with van der Waals surface area (Å²) in [6.45, 7) is 0. The highest BCUT2D eigenvalue weighted by Crippen LogP contribution is 2.13. The zero-order chi connectivity index (χ0) is 14.9. The van der Waals surface area contributed by atoms with Gasteiger partial charge >= 0.3 is 6.03 Å². The second-order valence-electron chi connectivity index (χ2n) is 4.34. The lowest BCUT2D eigenvalue weighted by Gasteiger charge is -2.07. The molecule has 0 atom stereocenters. The Labute approximate surface area is 121 Å². The highest BCUT2D eigenvalue weighted by molar-refractivity contribution is 7.90. The molecular formula is C14H11N3O3S. The summed E-state index contributed by atoms with van der Waals surface area (Å²) in [5.41, 5.74) is 0.540. The lowest BCUT2D eigenvalue weighted by Crippen LogP contribution is -2.34. The smallest absolute Gasteiger partial charge is 0.245 e. The Bertz CT molecular complexity index is 901. The van der Waals surface area contributed by atoms with Crippen LogP contribution in [0.5, 0.6) is 0 Å². The van der Waals surface area contributed by atoms with Gasteiger partial charge in [-0.2, -0.15) is 9.78 Å². The number of benzene rings is 2. The molecule has 1 aromatic heterocycles. The average Bonchev–Trinajstić information content (AvgIpc) is 2.92. The molecule has 0 radical (unpaired) electrons. The van der Waals surface area contributed by atoms with Crippen molar-refractivity contribution in [3.05, 3.63) is 60.8 Å². The van der Waals surface area contributed by atoms with Crippen molar-refractivity contribution in [2.75, 3.05) is 0 Å². The van der Waals surface area contributed by atoms with Gasteiger partial charge in [-0.05, 0) is 18.2 Å². The van der Waals surface area contributed by atoms with Gasteiger partial charge < -0.3 is 0 Å². The van der Waals surface area contributed by atoms with Crippen molar-refractivity contribution in [2.24, 2.45) is 0 Å². The molecule has 1 N–H and O–H groups in total. The predicted molar refractivity (Wildman–Crippen MR) is 77.3 cm³/mol. The minimum Gasteiger partial charge on any atom is -0.245 e. The molecule has 0 aliphatic heterocycles. The van der Waals surface area contributed by atoms with E-state index in [4.69, 9.17) is 0 Å². The number of rotatable bonds is 2. The summed E-state index contributed by atoms with van der Waals surface area (Å²) in [4.78, 5) is 12.1. The fourth-order valence-electron chi connectivity index (χ4n) is 1.95. The average molecular weight is 301 g/mol. The van der Waals surface area contributed by atoms with Crippen LogP contribution >= 0.6 is 0 Å². The normalized spacial score (nSPS) is 11.4. The van der Waals surface area contributed by atoms with Crippen molar-refractivity contribution in [1.29, 1.82) is 0 Å². The van der Waals surface area contributed by atoms with E-state index >= 15 is 0 Å². The van der Waals surface area contributed by atoms with E-state index in [9.17, 15) is 13.2 Å². The molecule has 1 heterocycles. The van der Waals surface area contributed by atoms with Gasteiger partial charge in [0.1, 0.15) is 0 Å². The molecule has 0 spiro atoms. The van der Waals surface area contributed by atoms with Crippen LogP contribution in [0.2, 0.25) is 0 Å². The first-order valence-electron chi connectivity index (χ1n) is 6.13. The molecule has 6 nitrogen and oxygen atoms in total. The van der Waals surface area contributed by atoms with Gasteiger partial charge in [0.05, 0.1) is 16.6 Å². The van der Waals surface area contributed by atoms with Crippen molar-refractivity contribution in [2.45, 2.75) is 4.90 Å². The fourth-order valence-corrected chi connectivity index (χ4v) is 2.90. The first kappa shape index (κ1) is 13.3. The van der Waals surface area contributed by atoms with Gasteiger partial charge in [-0.1, -0.05) is 36.4 Å². The number of carbonyl (C=O) groups excluding carboxylic acids is 1. The van der Waals surface area contributed by atoms with Gasteiger partial charge in [-0.15, -0.1) is 0 Å². The van der Waals surface area contributed by atoms with Gasteiger partial charge in [0.15, 0.2) is 0 Å². The number of nitrogens with zero attached hydrogens (tertiary/aromatic N) is 2. The van der Waals surface area contributed by atoms with Gasteiger partial charge in [0.25, 0.3) is 10.0 Å². The Kier molecular flexibility index (Phi) is 3.19. The summed E-state index contributed by atoms with van der Waals surface area (Å²) >= 11 is 0. The van der Waals surface area contributed by atoms with Crippen molar-refractivity contribution in [3.8, 4) is 0 Å². The first-order chi connectivity index (χ1) is 10.1. The Morgan fingerprint density at radius 1 is 1.00 bits per heavy atom. The Balaban J connectivity index is 1.94. The number of nitrogens with one attached hydrogen (secondary N) is 1. The number of carbonyl (C=O) groups is 1. The molecule has 0 bridgehead atoms. The zero-order valence-electron chi connectivity index (χ0n) is 10.8. The standard InChI is InChI=1S/C14H11N3O3S/c18-14(16-21(19,20)12-7-2-1-3-8-12)17-13-9-5-4-6-11(13)10-15-17/h1-10H,(H,16,18). The Morgan fingerprint density at radius 2 is 1.67 bits per heavy atom. The second kappa shape index (κ2) is 5.02. The molecule has 7 heteroatoms. The maximum absolute atomic E-state index is 12.1. The second-order valence-corrected chi connectivity index (χ2v) is 6.02. The number of hydrogen-bond donors (Lipinski definition) is 1. The highest BCUT2D eigenvalue weighted by Gasteiger charge is 2.19. The van der Waals surface area contributed by atoms with E-state index < -0.39 is 16.1 Å². The summed E-state index contributed by atoms with van der Waals surface area (Å²) in [6.07, 6.45) is 1.50. The molecule has 0 saturated heterocycles. The van der Waals surface area contributed by atoms with Gasteiger partial charge in [-0.25, -0.2) is 17.9 Å². The van der Waals surface area contributed by atoms with Crippen LogP contribution in [-0.4, -0.2) is 24.2 Å². The van der Waals surface area contributed by atoms with E-state index in [2.05, 4.69) is 5.10 Å². The first-order valence-corrected chi connectivity index (χ1v) is 7.61. The predicted octanol–water partition coefficient (Wildman–Crippen LogP) is 1.98. The van der Waals surface area contributed by atoms with Crippen LogP contribution in [0, 0.1) is 0 Å². The van der Waals surface area contributed by atoms with Crippen molar-refractivity contribution < 1.29 is 13.2 Å². The van der Waals surface area contributed by atoms with Gasteiger partial charge in [0.2, 0.25) is 0 Å². The Morgan fingerprint density at radius 3 is 2.43 bits per heavy atom. The largest absolute Gasteiger partial charge is 0.356 e. The van der Waals surface area contributed by atoms with E-state index in [1.165, 1.54) is 18.3 Å². The van der Waals surface area contributed by atoms with E-state index in [0.29, 0.717) is 5.52 Å². The summed E-state index contributed by atoms with van der Waals surface area (Å²) < 4.78 is 27.2. The van der Waals surface area contributed by atoms with E-state index in [0.717, 1.165) is 10.1 Å². The van der Waals surface area contributed by atoms with Crippen LogP contribution in [0.25, 0.3) is 10.9 Å². The van der Waals surface area contributed by atoms with Crippen LogP contribution in [0.4, 0.5) is 4.79 Å². The molecule has 0 saturated carbocycles. The fraction of sp³-hybridized carbons (Fsp3) is 0. The van der Waals surface area contributed by atoms with Crippen LogP contribution < -0.4 is 4.72 Å². The molecule has 1 amide bonds. The summed E-state index contributed by atoms with van der Waals surface area (Å²) in [5, 5.41) is 4.67. The molecule has 0 aliphatic rings. The van der Waals surface area contributed by atoms with Crippen LogP contribution in [0.3, 0.4) is 0 Å². The monoisotopic (exact) mass is 301 g/mol. The molecular weight excluding hydrogens is 290 g/mol. The van der Waals surface area contributed by atoms with Crippen molar-refractivity contribution in [1.82, 2.24) is 14.5 Å². The third kappa shape index (κ3) is 2.50. The SMILES string of the molecule is O=C(NS(=O)(=O)c1ccccc1)n1ncc2ccccc21. The minimum absolute atomic E-state index is 0.0230. The third-order valence-corrected chi connectivity index (χ3v) is 4.28. The summed E-state index contributed by atoms with van der Waals surface area (Å²) in [7, 11) is -3.91. The van der Waals surface area contributed by atoms with Gasteiger partial charge in [0, 0.05) is 5.39 Å². The molecule has 2 aromatic carbocycles. The van der Waals surface area contributed by atoms with E-state index in [1.807, 2.05) is 10.8 Å². The molecule has 0 aliphatic carbocycles. The quantitative estimate of drug-likeness (QED) is 0.784. The van der Waals surface area contributed by atoms with Crippen LogP contribution in [0.1, 0.15) is 0 Å². The Hall–Kier alpha value is -2.67. The molecule has 3 rings (SSSR count).